The molecule has 1 aliphatic rings. The van der Waals surface area contributed by atoms with Crippen LogP contribution in [0.3, 0.4) is 0 Å². The Balaban J connectivity index is 0.00000112. The van der Waals surface area contributed by atoms with Gasteiger partial charge < -0.3 is 10.6 Å². The molecule has 0 aromatic carbocycles. The number of hydrogen-bond acceptors (Lipinski definition) is 3. The molecule has 2 heterocycles. The van der Waals surface area contributed by atoms with Gasteiger partial charge in [-0.1, -0.05) is 0 Å². The largest absolute Gasteiger partial charge is 0.317 e. The quantitative estimate of drug-likeness (QED) is 0.819. The van der Waals surface area contributed by atoms with Gasteiger partial charge in [0.15, 0.2) is 0 Å². The first-order chi connectivity index (χ1) is 6.95. The van der Waals surface area contributed by atoms with Crippen LogP contribution in [0.15, 0.2) is 24.5 Å². The maximum atomic E-state index is 4.00. The van der Waals surface area contributed by atoms with Crippen LogP contribution < -0.4 is 10.6 Å². The van der Waals surface area contributed by atoms with Crippen molar-refractivity contribution >= 4 is 12.4 Å². The summed E-state index contributed by atoms with van der Waals surface area (Å²) in [5, 5.41) is 6.93. The summed E-state index contributed by atoms with van der Waals surface area (Å²) in [6, 6.07) is 4.81. The molecule has 0 radical (unpaired) electrons. The van der Waals surface area contributed by atoms with Crippen molar-refractivity contribution in [2.24, 2.45) is 0 Å². The van der Waals surface area contributed by atoms with E-state index in [9.17, 15) is 0 Å². The molecule has 15 heavy (non-hydrogen) atoms. The van der Waals surface area contributed by atoms with Gasteiger partial charge in [-0.15, -0.1) is 12.4 Å². The summed E-state index contributed by atoms with van der Waals surface area (Å²) >= 11 is 0. The Morgan fingerprint density at radius 2 is 1.93 bits per heavy atom. The average molecular weight is 228 g/mol. The normalized spacial score (nSPS) is 17.1. The molecule has 1 aromatic rings. The van der Waals surface area contributed by atoms with Crippen LogP contribution in [0.25, 0.3) is 0 Å². The molecule has 0 bridgehead atoms. The van der Waals surface area contributed by atoms with E-state index in [-0.39, 0.29) is 12.4 Å². The zero-order valence-corrected chi connectivity index (χ0v) is 9.59. The van der Waals surface area contributed by atoms with Crippen LogP contribution in [-0.2, 0) is 6.54 Å². The van der Waals surface area contributed by atoms with Crippen LogP contribution >= 0.6 is 12.4 Å². The summed E-state index contributed by atoms with van der Waals surface area (Å²) in [4.78, 5) is 4.00. The lowest BCUT2D eigenvalue weighted by Crippen LogP contribution is -2.39. The highest BCUT2D eigenvalue weighted by atomic mass is 35.5. The molecule has 0 atom stereocenters. The van der Waals surface area contributed by atoms with Crippen molar-refractivity contribution in [3.8, 4) is 0 Å². The number of nitrogens with one attached hydrogen (secondary N) is 2. The third-order valence-electron chi connectivity index (χ3n) is 2.68. The molecule has 2 N–H and O–H groups in total. The Bertz CT molecular complexity index is 260. The number of piperidine rings is 1. The summed E-state index contributed by atoms with van der Waals surface area (Å²) < 4.78 is 0. The van der Waals surface area contributed by atoms with Crippen molar-refractivity contribution in [3.05, 3.63) is 30.1 Å². The number of aromatic nitrogens is 1. The monoisotopic (exact) mass is 227 g/mol. The summed E-state index contributed by atoms with van der Waals surface area (Å²) in [6.45, 7) is 3.26. The minimum Gasteiger partial charge on any atom is -0.317 e. The fourth-order valence-electron chi connectivity index (χ4n) is 1.79. The maximum absolute atomic E-state index is 4.00. The lowest BCUT2D eigenvalue weighted by Gasteiger charge is -2.23. The van der Waals surface area contributed by atoms with Gasteiger partial charge in [0.25, 0.3) is 0 Å². The van der Waals surface area contributed by atoms with E-state index in [1.807, 2.05) is 12.4 Å². The third-order valence-corrected chi connectivity index (χ3v) is 2.68. The molecule has 1 aliphatic heterocycles. The minimum absolute atomic E-state index is 0. The van der Waals surface area contributed by atoms with Gasteiger partial charge in [-0.2, -0.15) is 0 Å². The van der Waals surface area contributed by atoms with Crippen molar-refractivity contribution in [2.45, 2.75) is 25.4 Å². The maximum Gasteiger partial charge on any atom is 0.0271 e. The molecule has 1 fully saturated rings. The smallest absolute Gasteiger partial charge is 0.0271 e. The first kappa shape index (κ1) is 12.4. The molecule has 2 rings (SSSR count). The van der Waals surface area contributed by atoms with Gasteiger partial charge >= 0.3 is 0 Å². The zero-order chi connectivity index (χ0) is 9.64. The molecular weight excluding hydrogens is 210 g/mol. The Kier molecular flexibility index (Phi) is 5.61. The number of halogens is 1. The van der Waals surface area contributed by atoms with E-state index >= 15 is 0 Å². The van der Waals surface area contributed by atoms with Crippen LogP contribution in [0.5, 0.6) is 0 Å². The van der Waals surface area contributed by atoms with Gasteiger partial charge in [0.05, 0.1) is 0 Å². The molecule has 84 valence electrons. The van der Waals surface area contributed by atoms with Crippen molar-refractivity contribution in [1.82, 2.24) is 15.6 Å². The highest BCUT2D eigenvalue weighted by Gasteiger charge is 2.11. The fraction of sp³-hybridized carbons (Fsp3) is 0.545. The molecule has 4 heteroatoms. The van der Waals surface area contributed by atoms with Crippen molar-refractivity contribution in [3.63, 3.8) is 0 Å². The van der Waals surface area contributed by atoms with Crippen LogP contribution in [0.1, 0.15) is 18.4 Å². The van der Waals surface area contributed by atoms with Gasteiger partial charge in [0, 0.05) is 25.0 Å². The topological polar surface area (TPSA) is 37.0 Å². The average Bonchev–Trinajstić information content (AvgIpc) is 2.29. The fourth-order valence-corrected chi connectivity index (χ4v) is 1.79. The molecule has 0 saturated carbocycles. The summed E-state index contributed by atoms with van der Waals surface area (Å²) in [5.41, 5.74) is 1.32. The van der Waals surface area contributed by atoms with E-state index in [4.69, 9.17) is 0 Å². The number of pyridine rings is 1. The first-order valence-corrected chi connectivity index (χ1v) is 5.28. The van der Waals surface area contributed by atoms with Crippen LogP contribution in [0.4, 0.5) is 0 Å². The van der Waals surface area contributed by atoms with Gasteiger partial charge in [-0.3, -0.25) is 4.98 Å². The molecule has 0 amide bonds. The Morgan fingerprint density at radius 1 is 1.27 bits per heavy atom. The van der Waals surface area contributed by atoms with Crippen molar-refractivity contribution in [2.75, 3.05) is 13.1 Å². The third kappa shape index (κ3) is 4.16. The van der Waals surface area contributed by atoms with E-state index in [0.29, 0.717) is 6.04 Å². The van der Waals surface area contributed by atoms with E-state index in [0.717, 1.165) is 19.6 Å². The highest BCUT2D eigenvalue weighted by molar-refractivity contribution is 5.85. The Labute approximate surface area is 97.1 Å². The summed E-state index contributed by atoms with van der Waals surface area (Å²) in [5.74, 6) is 0. The standard InChI is InChI=1S/C11H17N3.ClH/c1-5-12-6-2-10(1)9-14-11-3-7-13-8-4-11;/h1-2,5-6,11,13-14H,3-4,7-9H2;1H. The summed E-state index contributed by atoms with van der Waals surface area (Å²) in [7, 11) is 0. The van der Waals surface area contributed by atoms with Gasteiger partial charge in [0.2, 0.25) is 0 Å². The van der Waals surface area contributed by atoms with Gasteiger partial charge in [0.1, 0.15) is 0 Å². The predicted molar refractivity (Wildman–Crippen MR) is 64.2 cm³/mol. The molecule has 3 nitrogen and oxygen atoms in total. The Hall–Kier alpha value is -0.640. The van der Waals surface area contributed by atoms with E-state index < -0.39 is 0 Å². The number of hydrogen-bond donors (Lipinski definition) is 2. The van der Waals surface area contributed by atoms with Crippen LogP contribution in [0, 0.1) is 0 Å². The van der Waals surface area contributed by atoms with Gasteiger partial charge in [-0.05, 0) is 43.6 Å². The molecule has 1 saturated heterocycles. The van der Waals surface area contributed by atoms with Gasteiger partial charge in [-0.25, -0.2) is 0 Å². The van der Waals surface area contributed by atoms with E-state index in [2.05, 4.69) is 27.8 Å². The van der Waals surface area contributed by atoms with Crippen molar-refractivity contribution in [1.29, 1.82) is 0 Å². The molecule has 0 spiro atoms. The SMILES string of the molecule is Cl.c1cc(CNC2CCNCC2)ccn1. The second kappa shape index (κ2) is 6.77. The second-order valence-corrected chi connectivity index (χ2v) is 3.76. The lowest BCUT2D eigenvalue weighted by molar-refractivity contribution is 0.386. The highest BCUT2D eigenvalue weighted by Crippen LogP contribution is 2.03. The summed E-state index contributed by atoms with van der Waals surface area (Å²) in [6.07, 6.45) is 6.18. The van der Waals surface area contributed by atoms with E-state index in [1.165, 1.54) is 18.4 Å². The molecule has 1 aromatic heterocycles. The first-order valence-electron chi connectivity index (χ1n) is 5.28. The minimum atomic E-state index is 0. The molecular formula is C11H18ClN3. The zero-order valence-electron chi connectivity index (χ0n) is 8.78. The lowest BCUT2D eigenvalue weighted by atomic mass is 10.1. The predicted octanol–water partition coefficient (Wildman–Crippen LogP) is 1.35. The second-order valence-electron chi connectivity index (χ2n) is 3.76. The van der Waals surface area contributed by atoms with Crippen LogP contribution in [0.2, 0.25) is 0 Å². The number of nitrogens with zero attached hydrogens (tertiary/aromatic N) is 1. The Morgan fingerprint density at radius 3 is 2.60 bits per heavy atom. The van der Waals surface area contributed by atoms with E-state index in [1.54, 1.807) is 0 Å². The molecule has 0 unspecified atom stereocenters. The molecule has 0 aliphatic carbocycles. The van der Waals surface area contributed by atoms with Crippen LogP contribution in [-0.4, -0.2) is 24.1 Å². The van der Waals surface area contributed by atoms with Crippen molar-refractivity contribution < 1.29 is 0 Å². The number of rotatable bonds is 3.